The summed E-state index contributed by atoms with van der Waals surface area (Å²) in [6, 6.07) is 25.6. The molecule has 0 saturated heterocycles. The lowest BCUT2D eigenvalue weighted by Gasteiger charge is -2.11. The number of hydrazone groups is 1. The van der Waals surface area contributed by atoms with Crippen molar-refractivity contribution in [1.29, 1.82) is 0 Å². The fraction of sp³-hybridized carbons (Fsp3) is 0.258. The van der Waals surface area contributed by atoms with Crippen LogP contribution in [-0.2, 0) is 0 Å². The summed E-state index contributed by atoms with van der Waals surface area (Å²) in [4.78, 5) is 18.0. The van der Waals surface area contributed by atoms with Gasteiger partial charge in [0.25, 0.3) is 5.91 Å². The Morgan fingerprint density at radius 2 is 1.78 bits per heavy atom. The number of benzene rings is 3. The van der Waals surface area contributed by atoms with Crippen LogP contribution in [-0.4, -0.2) is 23.7 Å². The van der Waals surface area contributed by atoms with E-state index in [9.17, 15) is 4.79 Å². The first-order valence-electron chi connectivity index (χ1n) is 12.7. The van der Waals surface area contributed by atoms with E-state index >= 15 is 0 Å². The van der Waals surface area contributed by atoms with Gasteiger partial charge in [-0.15, -0.1) is 0 Å². The van der Waals surface area contributed by atoms with E-state index in [0.29, 0.717) is 18.1 Å². The first-order valence-corrected chi connectivity index (χ1v) is 12.7. The number of rotatable bonds is 10. The van der Waals surface area contributed by atoms with Gasteiger partial charge in [0.2, 0.25) is 0 Å². The third kappa shape index (κ3) is 6.16. The molecule has 1 heterocycles. The van der Waals surface area contributed by atoms with Gasteiger partial charge in [0.15, 0.2) is 0 Å². The van der Waals surface area contributed by atoms with Crippen molar-refractivity contribution in [3.8, 4) is 17.0 Å². The average Bonchev–Trinajstić information content (AvgIpc) is 2.93. The Morgan fingerprint density at radius 3 is 2.50 bits per heavy atom. The minimum atomic E-state index is -0.276. The van der Waals surface area contributed by atoms with E-state index < -0.39 is 0 Å². The van der Waals surface area contributed by atoms with E-state index in [1.807, 2.05) is 54.6 Å². The quantitative estimate of drug-likeness (QED) is 0.147. The molecular weight excluding hydrogens is 446 g/mol. The van der Waals surface area contributed by atoms with Crippen LogP contribution in [0.2, 0.25) is 0 Å². The molecule has 4 aromatic rings. The van der Waals surface area contributed by atoms with Crippen LogP contribution < -0.4 is 10.2 Å². The van der Waals surface area contributed by atoms with Crippen LogP contribution in [0.3, 0.4) is 0 Å². The molecule has 5 nitrogen and oxygen atoms in total. The van der Waals surface area contributed by atoms with Crippen LogP contribution in [0.5, 0.6) is 5.75 Å². The second-order valence-electron chi connectivity index (χ2n) is 8.97. The lowest BCUT2D eigenvalue weighted by molar-refractivity contribution is 0.0956. The highest BCUT2D eigenvalue weighted by Crippen LogP contribution is 2.27. The normalized spacial score (nSPS) is 12.1. The third-order valence-electron chi connectivity index (χ3n) is 6.38. The highest BCUT2D eigenvalue weighted by atomic mass is 16.5. The van der Waals surface area contributed by atoms with Crippen molar-refractivity contribution in [2.75, 3.05) is 6.61 Å². The van der Waals surface area contributed by atoms with Gasteiger partial charge in [-0.3, -0.25) is 4.79 Å². The molecule has 0 spiro atoms. The number of ether oxygens (including phenoxy) is 1. The van der Waals surface area contributed by atoms with Crippen molar-refractivity contribution in [1.82, 2.24) is 10.4 Å². The number of nitrogens with one attached hydrogen (secondary N) is 1. The van der Waals surface area contributed by atoms with Crippen LogP contribution in [0.4, 0.5) is 0 Å². The van der Waals surface area contributed by atoms with Gasteiger partial charge in [0.05, 0.1) is 29.6 Å². The fourth-order valence-electron chi connectivity index (χ4n) is 3.94. The topological polar surface area (TPSA) is 63.6 Å². The van der Waals surface area contributed by atoms with Crippen molar-refractivity contribution >= 4 is 23.0 Å². The van der Waals surface area contributed by atoms with Crippen LogP contribution in [0.15, 0.2) is 84.0 Å². The predicted molar refractivity (Wildman–Crippen MR) is 148 cm³/mol. The number of hydrogen-bond acceptors (Lipinski definition) is 4. The highest BCUT2D eigenvalue weighted by Gasteiger charge is 2.14. The first kappa shape index (κ1) is 25.1. The number of aromatic nitrogens is 1. The molecular formula is C31H33N3O2. The second kappa shape index (κ2) is 12.1. The van der Waals surface area contributed by atoms with Gasteiger partial charge in [-0.1, -0.05) is 69.7 Å². The van der Waals surface area contributed by atoms with E-state index in [1.165, 1.54) is 5.56 Å². The molecule has 1 aromatic heterocycles. The third-order valence-corrected chi connectivity index (χ3v) is 6.38. The summed E-state index contributed by atoms with van der Waals surface area (Å²) in [6.07, 6.45) is 4.86. The zero-order valence-electron chi connectivity index (χ0n) is 21.2. The molecule has 0 aliphatic carbocycles. The van der Waals surface area contributed by atoms with Crippen molar-refractivity contribution in [2.45, 2.75) is 46.0 Å². The second-order valence-corrected chi connectivity index (χ2v) is 8.97. The molecule has 0 saturated carbocycles. The average molecular weight is 480 g/mol. The largest absolute Gasteiger partial charge is 0.494 e. The maximum atomic E-state index is 13.1. The van der Waals surface area contributed by atoms with Gasteiger partial charge in [0, 0.05) is 10.9 Å². The molecule has 5 heteroatoms. The molecule has 0 fully saturated rings. The molecule has 0 unspecified atom stereocenters. The highest BCUT2D eigenvalue weighted by molar-refractivity contribution is 6.07. The molecule has 36 heavy (non-hydrogen) atoms. The van der Waals surface area contributed by atoms with E-state index in [-0.39, 0.29) is 5.91 Å². The van der Waals surface area contributed by atoms with E-state index in [4.69, 9.17) is 9.72 Å². The zero-order chi connectivity index (χ0) is 25.3. The summed E-state index contributed by atoms with van der Waals surface area (Å²) in [5.74, 6) is 1.06. The van der Waals surface area contributed by atoms with Crippen molar-refractivity contribution in [3.63, 3.8) is 0 Å². The maximum Gasteiger partial charge on any atom is 0.272 e. The molecule has 3 aromatic carbocycles. The SMILES string of the molecule is CCCCOc1ccc(/C=N\NC(=O)c2cc(-c3ccc([C@@H](C)CC)cc3)nc3ccccc23)cc1. The minimum Gasteiger partial charge on any atom is -0.494 e. The molecule has 184 valence electrons. The number of para-hydroxylation sites is 1. The Bertz CT molecular complexity index is 1330. The van der Waals surface area contributed by atoms with E-state index in [1.54, 1.807) is 6.21 Å². The molecule has 0 radical (unpaired) electrons. The summed E-state index contributed by atoms with van der Waals surface area (Å²) in [6.45, 7) is 7.26. The molecule has 1 N–H and O–H groups in total. The Balaban J connectivity index is 1.52. The van der Waals surface area contributed by atoms with Crippen LogP contribution in [0.1, 0.15) is 67.4 Å². The summed E-state index contributed by atoms with van der Waals surface area (Å²) in [7, 11) is 0. The molecule has 4 rings (SSSR count). The molecule has 0 bridgehead atoms. The van der Waals surface area contributed by atoms with Crippen LogP contribution in [0.25, 0.3) is 22.2 Å². The number of unbranched alkanes of at least 4 members (excludes halogenated alkanes) is 1. The number of amides is 1. The summed E-state index contributed by atoms with van der Waals surface area (Å²) in [5, 5.41) is 4.98. The molecule has 1 amide bonds. The van der Waals surface area contributed by atoms with Gasteiger partial charge >= 0.3 is 0 Å². The van der Waals surface area contributed by atoms with Crippen LogP contribution in [0, 0.1) is 0 Å². The number of pyridine rings is 1. The predicted octanol–water partition coefficient (Wildman–Crippen LogP) is 7.36. The van der Waals surface area contributed by atoms with Gasteiger partial charge in [0.1, 0.15) is 5.75 Å². The van der Waals surface area contributed by atoms with Gasteiger partial charge in [-0.25, -0.2) is 10.4 Å². The Hall–Kier alpha value is -3.99. The fourth-order valence-corrected chi connectivity index (χ4v) is 3.94. The maximum absolute atomic E-state index is 13.1. The van der Waals surface area contributed by atoms with Crippen molar-refractivity contribution < 1.29 is 9.53 Å². The zero-order valence-corrected chi connectivity index (χ0v) is 21.2. The lowest BCUT2D eigenvalue weighted by atomic mass is 9.96. The molecule has 0 aliphatic heterocycles. The number of hydrogen-bond donors (Lipinski definition) is 1. The van der Waals surface area contributed by atoms with Gasteiger partial charge < -0.3 is 4.74 Å². The summed E-state index contributed by atoms with van der Waals surface area (Å²) < 4.78 is 5.69. The molecule has 1 atom stereocenters. The van der Waals surface area contributed by atoms with Crippen molar-refractivity contribution in [2.24, 2.45) is 5.10 Å². The van der Waals surface area contributed by atoms with Gasteiger partial charge in [-0.2, -0.15) is 5.10 Å². The Kier molecular flexibility index (Phi) is 8.45. The summed E-state index contributed by atoms with van der Waals surface area (Å²) in [5.41, 5.74) is 7.91. The number of fused-ring (bicyclic) bond motifs is 1. The van der Waals surface area contributed by atoms with Crippen LogP contribution >= 0.6 is 0 Å². The Labute approximate surface area is 213 Å². The number of nitrogens with zero attached hydrogens (tertiary/aromatic N) is 2. The standard InChI is InChI=1S/C31H33N3O2/c1-4-6-19-36-26-17-11-23(12-18-26)21-32-34-31(35)28-20-30(33-29-10-8-7-9-27(28)29)25-15-13-24(14-16-25)22(3)5-2/h7-18,20-22H,4-6,19H2,1-3H3,(H,34,35)/b32-21-/t22-/m0/s1. The number of carbonyl (C=O) groups excluding carboxylic acids is 1. The Morgan fingerprint density at radius 1 is 1.03 bits per heavy atom. The minimum absolute atomic E-state index is 0.276. The van der Waals surface area contributed by atoms with E-state index in [0.717, 1.165) is 52.7 Å². The smallest absolute Gasteiger partial charge is 0.272 e. The van der Waals surface area contributed by atoms with Crippen molar-refractivity contribution in [3.05, 3.63) is 95.6 Å². The molecule has 0 aliphatic rings. The lowest BCUT2D eigenvalue weighted by Crippen LogP contribution is -2.18. The summed E-state index contributed by atoms with van der Waals surface area (Å²) >= 11 is 0. The monoisotopic (exact) mass is 479 g/mol. The van der Waals surface area contributed by atoms with Gasteiger partial charge in [-0.05, 0) is 66.3 Å². The van der Waals surface area contributed by atoms with E-state index in [2.05, 4.69) is 55.6 Å². The first-order chi connectivity index (χ1) is 17.6. The number of carbonyl (C=O) groups is 1.